The molecule has 4 aromatic rings. The van der Waals surface area contributed by atoms with Crippen molar-refractivity contribution in [2.24, 2.45) is 0 Å². The molecule has 0 fully saturated rings. The molecule has 2 N–H and O–H groups in total. The number of rotatable bonds is 9. The lowest BCUT2D eigenvalue weighted by atomic mass is 10.0. The molecule has 0 aliphatic heterocycles. The van der Waals surface area contributed by atoms with Gasteiger partial charge in [-0.15, -0.1) is 0 Å². The second-order valence-corrected chi connectivity index (χ2v) is 9.11. The quantitative estimate of drug-likeness (QED) is 0.229. The molecule has 0 saturated carbocycles. The van der Waals surface area contributed by atoms with E-state index in [2.05, 4.69) is 21.8 Å². The van der Waals surface area contributed by atoms with Crippen molar-refractivity contribution < 1.29 is 9.59 Å². The highest BCUT2D eigenvalue weighted by atomic mass is 35.5. The summed E-state index contributed by atoms with van der Waals surface area (Å²) < 4.78 is 1.54. The minimum atomic E-state index is -0.335. The van der Waals surface area contributed by atoms with Gasteiger partial charge >= 0.3 is 0 Å². The minimum absolute atomic E-state index is 0.0663. The largest absolute Gasteiger partial charge is 0.369 e. The van der Waals surface area contributed by atoms with Crippen molar-refractivity contribution in [1.29, 1.82) is 5.26 Å². The second kappa shape index (κ2) is 11.5. The molecule has 7 nitrogen and oxygen atoms in total. The number of nitriles is 1. The summed E-state index contributed by atoms with van der Waals surface area (Å²) in [7, 11) is 0. The number of carbonyl (C=O) groups is 2. The van der Waals surface area contributed by atoms with E-state index in [1.54, 1.807) is 47.1 Å². The number of amides is 1. The Morgan fingerprint density at radius 1 is 0.946 bits per heavy atom. The van der Waals surface area contributed by atoms with E-state index in [4.69, 9.17) is 11.6 Å². The van der Waals surface area contributed by atoms with Crippen LogP contribution in [-0.2, 0) is 0 Å². The number of carbonyl (C=O) groups excluding carboxylic acids is 2. The van der Waals surface area contributed by atoms with E-state index in [0.717, 1.165) is 11.1 Å². The predicted molar refractivity (Wildman–Crippen MR) is 145 cm³/mol. The summed E-state index contributed by atoms with van der Waals surface area (Å²) in [6.45, 7) is 4.76. The number of hydrogen-bond donors (Lipinski definition) is 2. The monoisotopic (exact) mass is 511 g/mol. The minimum Gasteiger partial charge on any atom is -0.369 e. The van der Waals surface area contributed by atoms with E-state index in [1.165, 1.54) is 0 Å². The molecule has 0 saturated heterocycles. The maximum atomic E-state index is 13.3. The molecule has 4 rings (SSSR count). The van der Waals surface area contributed by atoms with Gasteiger partial charge in [0.15, 0.2) is 5.69 Å². The summed E-state index contributed by atoms with van der Waals surface area (Å²) in [4.78, 5) is 25.7. The molecule has 0 atom stereocenters. The first kappa shape index (κ1) is 25.7. The molecule has 0 radical (unpaired) electrons. The molecule has 0 unspecified atom stereocenters. The van der Waals surface area contributed by atoms with E-state index in [0.29, 0.717) is 47.2 Å². The van der Waals surface area contributed by atoms with Gasteiger partial charge in [0.05, 0.1) is 5.69 Å². The molecule has 37 heavy (non-hydrogen) atoms. The van der Waals surface area contributed by atoms with Crippen LogP contribution in [0, 0.1) is 25.2 Å². The number of benzene rings is 3. The first-order chi connectivity index (χ1) is 17.9. The van der Waals surface area contributed by atoms with Crippen LogP contribution in [0.15, 0.2) is 72.8 Å². The van der Waals surface area contributed by atoms with Crippen LogP contribution in [0.1, 0.15) is 49.5 Å². The fourth-order valence-electron chi connectivity index (χ4n) is 3.84. The van der Waals surface area contributed by atoms with Crippen molar-refractivity contribution in [2.75, 3.05) is 18.4 Å². The Morgan fingerprint density at radius 2 is 1.68 bits per heavy atom. The lowest BCUT2D eigenvalue weighted by Crippen LogP contribution is -2.26. The Kier molecular flexibility index (Phi) is 8.02. The highest BCUT2D eigenvalue weighted by Crippen LogP contribution is 2.26. The molecule has 0 aliphatic rings. The summed E-state index contributed by atoms with van der Waals surface area (Å²) in [5.74, 6) is -0.0679. The van der Waals surface area contributed by atoms with Crippen LogP contribution in [-0.4, -0.2) is 34.6 Å². The Morgan fingerprint density at radius 3 is 2.35 bits per heavy atom. The number of halogens is 1. The molecule has 1 aromatic heterocycles. The highest BCUT2D eigenvalue weighted by molar-refractivity contribution is 6.30. The second-order valence-electron chi connectivity index (χ2n) is 8.67. The lowest BCUT2D eigenvalue weighted by molar-refractivity contribution is 0.0952. The number of hydrogen-bond acceptors (Lipinski definition) is 5. The zero-order chi connectivity index (χ0) is 26.4. The summed E-state index contributed by atoms with van der Waals surface area (Å²) >= 11 is 6.06. The first-order valence-corrected chi connectivity index (χ1v) is 12.2. The van der Waals surface area contributed by atoms with E-state index < -0.39 is 0 Å². The average molecular weight is 512 g/mol. The van der Waals surface area contributed by atoms with Crippen LogP contribution >= 0.6 is 11.6 Å². The van der Waals surface area contributed by atoms with E-state index in [1.807, 2.05) is 44.2 Å². The zero-order valence-corrected chi connectivity index (χ0v) is 21.3. The summed E-state index contributed by atoms with van der Waals surface area (Å²) in [5.41, 5.74) is 3.98. The van der Waals surface area contributed by atoms with Gasteiger partial charge in [-0.1, -0.05) is 59.1 Å². The van der Waals surface area contributed by atoms with Crippen molar-refractivity contribution in [1.82, 2.24) is 15.1 Å². The van der Waals surface area contributed by atoms with Crippen LogP contribution in [0.5, 0.6) is 0 Å². The molecule has 186 valence electrons. The van der Waals surface area contributed by atoms with Crippen LogP contribution in [0.3, 0.4) is 0 Å². The number of nitrogens with one attached hydrogen (secondary N) is 2. The standard InChI is InChI=1S/C29H26ClN5O2/c1-19-7-9-21(10-8-19)27(36)26-25(18-31)28(35(34-26)24-13-11-23(30)12-14-24)32-15-4-16-33-29(37)22-6-3-5-20(2)17-22/h3,5-14,17,32H,4,15-16H2,1-2H3,(H,33,37). The molecule has 1 amide bonds. The maximum absolute atomic E-state index is 13.3. The molecule has 0 aliphatic carbocycles. The number of nitrogens with zero attached hydrogens (tertiary/aromatic N) is 3. The van der Waals surface area contributed by atoms with Crippen molar-refractivity contribution in [3.63, 3.8) is 0 Å². The van der Waals surface area contributed by atoms with E-state index in [-0.39, 0.29) is 22.9 Å². The fraction of sp³-hybridized carbons (Fsp3) is 0.172. The molecular formula is C29H26ClN5O2. The van der Waals surface area contributed by atoms with Crippen LogP contribution in [0.2, 0.25) is 5.02 Å². The molecular weight excluding hydrogens is 486 g/mol. The molecule has 8 heteroatoms. The third-order valence-electron chi connectivity index (χ3n) is 5.81. The maximum Gasteiger partial charge on any atom is 0.251 e. The van der Waals surface area contributed by atoms with Crippen molar-refractivity contribution in [3.8, 4) is 11.8 Å². The van der Waals surface area contributed by atoms with Crippen LogP contribution < -0.4 is 10.6 Å². The van der Waals surface area contributed by atoms with Gasteiger partial charge in [0.1, 0.15) is 17.5 Å². The third kappa shape index (κ3) is 6.05. The smallest absolute Gasteiger partial charge is 0.251 e. The van der Waals surface area contributed by atoms with Gasteiger partial charge in [-0.25, -0.2) is 4.68 Å². The van der Waals surface area contributed by atoms with Crippen LogP contribution in [0.25, 0.3) is 5.69 Å². The number of aryl methyl sites for hydroxylation is 2. The molecule has 1 heterocycles. The fourth-order valence-corrected chi connectivity index (χ4v) is 3.97. The van der Waals surface area contributed by atoms with E-state index in [9.17, 15) is 14.9 Å². The van der Waals surface area contributed by atoms with Crippen LogP contribution in [0.4, 0.5) is 5.82 Å². The number of ketones is 1. The van der Waals surface area contributed by atoms with Gasteiger partial charge in [-0.2, -0.15) is 10.4 Å². The van der Waals surface area contributed by atoms with Crippen molar-refractivity contribution in [3.05, 3.63) is 111 Å². The highest BCUT2D eigenvalue weighted by Gasteiger charge is 2.25. The lowest BCUT2D eigenvalue weighted by Gasteiger charge is -2.11. The van der Waals surface area contributed by atoms with Gasteiger partial charge in [0.25, 0.3) is 5.91 Å². The van der Waals surface area contributed by atoms with Gasteiger partial charge in [0.2, 0.25) is 5.78 Å². The third-order valence-corrected chi connectivity index (χ3v) is 6.06. The number of aromatic nitrogens is 2. The van der Waals surface area contributed by atoms with E-state index >= 15 is 0 Å². The zero-order valence-electron chi connectivity index (χ0n) is 20.6. The Labute approximate surface area is 220 Å². The summed E-state index contributed by atoms with van der Waals surface area (Å²) in [6, 6.07) is 23.7. The average Bonchev–Trinajstić information content (AvgIpc) is 3.27. The Balaban J connectivity index is 1.54. The van der Waals surface area contributed by atoms with Gasteiger partial charge in [-0.05, 0) is 56.7 Å². The first-order valence-electron chi connectivity index (χ1n) is 11.9. The van der Waals surface area contributed by atoms with Gasteiger partial charge in [-0.3, -0.25) is 9.59 Å². The summed E-state index contributed by atoms with van der Waals surface area (Å²) in [5, 5.41) is 21.2. The summed E-state index contributed by atoms with van der Waals surface area (Å²) in [6.07, 6.45) is 0.593. The Hall–Kier alpha value is -4.41. The molecule has 0 bridgehead atoms. The van der Waals surface area contributed by atoms with Crippen molar-refractivity contribution >= 4 is 29.1 Å². The predicted octanol–water partition coefficient (Wildman–Crippen LogP) is 5.48. The normalized spacial score (nSPS) is 10.5. The SMILES string of the molecule is Cc1ccc(C(=O)c2nn(-c3ccc(Cl)cc3)c(NCCCNC(=O)c3cccc(C)c3)c2C#N)cc1. The topological polar surface area (TPSA) is 99.8 Å². The van der Waals surface area contributed by atoms with Crippen molar-refractivity contribution in [2.45, 2.75) is 20.3 Å². The molecule has 3 aromatic carbocycles. The number of anilines is 1. The Bertz CT molecular complexity index is 1470. The molecule has 0 spiro atoms. The van der Waals surface area contributed by atoms with Gasteiger partial charge in [0, 0.05) is 29.2 Å². The van der Waals surface area contributed by atoms with Gasteiger partial charge < -0.3 is 10.6 Å².